The highest BCUT2D eigenvalue weighted by molar-refractivity contribution is 7.47. The van der Waals surface area contributed by atoms with Crippen LogP contribution in [0.3, 0.4) is 0 Å². The molecule has 0 radical (unpaired) electrons. The van der Waals surface area contributed by atoms with Gasteiger partial charge in [0.25, 0.3) is 0 Å². The molecule has 0 fully saturated rings. The first kappa shape index (κ1) is 45.0. The Labute approximate surface area is 286 Å². The molecule has 0 aromatic heterocycles. The Morgan fingerprint density at radius 3 is 1.77 bits per heavy atom. The van der Waals surface area contributed by atoms with Gasteiger partial charge in [-0.15, -0.1) is 0 Å². The van der Waals surface area contributed by atoms with Gasteiger partial charge in [0.15, 0.2) is 6.10 Å². The molecule has 0 aliphatic rings. The Morgan fingerprint density at radius 1 is 0.660 bits per heavy atom. The summed E-state index contributed by atoms with van der Waals surface area (Å²) >= 11 is 0. The molecule has 0 saturated carbocycles. The molecule has 0 spiro atoms. The van der Waals surface area contributed by atoms with E-state index in [4.69, 9.17) is 24.3 Å². The summed E-state index contributed by atoms with van der Waals surface area (Å²) < 4.78 is 32.5. The number of carbonyl (C=O) groups is 2. The van der Waals surface area contributed by atoms with Crippen molar-refractivity contribution in [2.75, 3.05) is 26.4 Å². The van der Waals surface area contributed by atoms with Gasteiger partial charge in [-0.05, 0) is 64.2 Å². The van der Waals surface area contributed by atoms with Crippen molar-refractivity contribution >= 4 is 19.8 Å². The van der Waals surface area contributed by atoms with Gasteiger partial charge in [0.2, 0.25) is 0 Å². The first-order valence-electron chi connectivity index (χ1n) is 18.1. The van der Waals surface area contributed by atoms with E-state index in [2.05, 4.69) is 62.5 Å². The Bertz CT molecular complexity index is 918. The average molecular weight is 684 g/mol. The van der Waals surface area contributed by atoms with Crippen LogP contribution in [0.5, 0.6) is 0 Å². The summed E-state index contributed by atoms with van der Waals surface area (Å²) in [5, 5.41) is 0. The number of carbonyl (C=O) groups excluding carboxylic acids is 2. The molecule has 0 aromatic rings. The number of hydrogen-bond acceptors (Lipinski definition) is 8. The van der Waals surface area contributed by atoms with Crippen molar-refractivity contribution in [3.63, 3.8) is 0 Å². The lowest BCUT2D eigenvalue weighted by Crippen LogP contribution is -2.29. The molecule has 0 amide bonds. The predicted molar refractivity (Wildman–Crippen MR) is 192 cm³/mol. The van der Waals surface area contributed by atoms with Crippen molar-refractivity contribution in [3.05, 3.63) is 48.6 Å². The fourth-order valence-corrected chi connectivity index (χ4v) is 5.27. The summed E-state index contributed by atoms with van der Waals surface area (Å²) in [7, 11) is -4.37. The molecule has 9 nitrogen and oxygen atoms in total. The third-order valence-corrected chi connectivity index (χ3v) is 8.18. The van der Waals surface area contributed by atoms with Crippen molar-refractivity contribution in [3.8, 4) is 0 Å². The molecule has 0 bridgehead atoms. The van der Waals surface area contributed by atoms with E-state index >= 15 is 0 Å². The van der Waals surface area contributed by atoms with E-state index in [1.807, 2.05) is 0 Å². The Kier molecular flexibility index (Phi) is 32.4. The molecular weight excluding hydrogens is 617 g/mol. The highest BCUT2D eigenvalue weighted by Gasteiger charge is 2.25. The zero-order valence-electron chi connectivity index (χ0n) is 29.5. The minimum absolute atomic E-state index is 0.0477. The first-order chi connectivity index (χ1) is 22.8. The molecule has 0 heterocycles. The molecule has 1 unspecified atom stereocenters. The van der Waals surface area contributed by atoms with Gasteiger partial charge < -0.3 is 20.1 Å². The molecule has 0 aliphatic carbocycles. The van der Waals surface area contributed by atoms with Crippen molar-refractivity contribution in [2.45, 2.75) is 148 Å². The standard InChI is InChI=1S/C37H66NO8P/c1-3-5-7-9-11-13-15-16-17-18-20-21-23-25-27-29-36(39)43-33-35(34-45-47(41,42)44-32-31-38)46-37(40)30-28-26-24-22-19-14-12-10-8-6-4-2/h5,7,10-13,16-17,35H,3-4,6,8-9,14-15,18-34,38H2,1-2H3,(H,41,42)/t35-/m1/s1. The third-order valence-electron chi connectivity index (χ3n) is 7.20. The molecule has 0 aliphatic heterocycles. The second kappa shape index (κ2) is 33.9. The first-order valence-corrected chi connectivity index (χ1v) is 19.6. The van der Waals surface area contributed by atoms with Gasteiger partial charge in [0.1, 0.15) is 6.61 Å². The quantitative estimate of drug-likeness (QED) is 0.0300. The van der Waals surface area contributed by atoms with Gasteiger partial charge in [-0.2, -0.15) is 0 Å². The Balaban J connectivity index is 4.28. The number of unbranched alkanes of at least 4 members (excludes halogenated alkanes) is 12. The van der Waals surface area contributed by atoms with Crippen LogP contribution in [0.4, 0.5) is 0 Å². The lowest BCUT2D eigenvalue weighted by atomic mass is 10.1. The highest BCUT2D eigenvalue weighted by atomic mass is 31.2. The second-order valence-corrected chi connectivity index (χ2v) is 13.2. The predicted octanol–water partition coefficient (Wildman–Crippen LogP) is 9.60. The van der Waals surface area contributed by atoms with Crippen molar-refractivity contribution in [1.29, 1.82) is 0 Å². The van der Waals surface area contributed by atoms with Crippen LogP contribution >= 0.6 is 7.82 Å². The molecule has 10 heteroatoms. The molecule has 2 atom stereocenters. The maximum atomic E-state index is 12.5. The minimum Gasteiger partial charge on any atom is -0.462 e. The van der Waals surface area contributed by atoms with Gasteiger partial charge in [-0.3, -0.25) is 18.6 Å². The maximum Gasteiger partial charge on any atom is 0.472 e. The van der Waals surface area contributed by atoms with Crippen LogP contribution in [0.25, 0.3) is 0 Å². The molecule has 0 aromatic carbocycles. The second-order valence-electron chi connectivity index (χ2n) is 11.7. The average Bonchev–Trinajstić information content (AvgIpc) is 3.05. The summed E-state index contributed by atoms with van der Waals surface area (Å²) in [4.78, 5) is 34.6. The van der Waals surface area contributed by atoms with E-state index in [0.29, 0.717) is 12.8 Å². The monoisotopic (exact) mass is 683 g/mol. The summed E-state index contributed by atoms with van der Waals surface area (Å²) in [6.07, 6.45) is 35.7. The number of esters is 2. The zero-order valence-corrected chi connectivity index (χ0v) is 30.4. The van der Waals surface area contributed by atoms with Crippen molar-refractivity contribution in [1.82, 2.24) is 0 Å². The number of ether oxygens (including phenoxy) is 2. The van der Waals surface area contributed by atoms with Gasteiger partial charge in [-0.1, -0.05) is 114 Å². The highest BCUT2D eigenvalue weighted by Crippen LogP contribution is 2.43. The lowest BCUT2D eigenvalue weighted by molar-refractivity contribution is -0.161. The third kappa shape index (κ3) is 33.7. The van der Waals surface area contributed by atoms with Gasteiger partial charge >= 0.3 is 19.8 Å². The number of rotatable bonds is 33. The van der Waals surface area contributed by atoms with E-state index in [-0.39, 0.29) is 32.6 Å². The summed E-state index contributed by atoms with van der Waals surface area (Å²) in [5.41, 5.74) is 5.32. The topological polar surface area (TPSA) is 134 Å². The van der Waals surface area contributed by atoms with Crippen LogP contribution in [-0.2, 0) is 32.7 Å². The number of phosphoric ester groups is 1. The summed E-state index contributed by atoms with van der Waals surface area (Å²) in [6.45, 7) is 3.52. The summed E-state index contributed by atoms with van der Waals surface area (Å²) in [5.74, 6) is -0.866. The number of allylic oxidation sites excluding steroid dienone is 8. The minimum atomic E-state index is -4.37. The number of nitrogens with two attached hydrogens (primary N) is 1. The molecule has 272 valence electrons. The smallest absolute Gasteiger partial charge is 0.462 e. The van der Waals surface area contributed by atoms with E-state index in [0.717, 1.165) is 89.9 Å². The molecular formula is C37H66NO8P. The van der Waals surface area contributed by atoms with Crippen LogP contribution < -0.4 is 5.73 Å². The Morgan fingerprint density at radius 2 is 1.17 bits per heavy atom. The lowest BCUT2D eigenvalue weighted by Gasteiger charge is -2.19. The van der Waals surface area contributed by atoms with Crippen LogP contribution in [0, 0.1) is 0 Å². The molecule has 0 saturated heterocycles. The fourth-order valence-electron chi connectivity index (χ4n) is 4.51. The van der Waals surface area contributed by atoms with Crippen molar-refractivity contribution < 1.29 is 37.6 Å². The zero-order chi connectivity index (χ0) is 34.7. The van der Waals surface area contributed by atoms with Crippen LogP contribution in [-0.4, -0.2) is 49.3 Å². The van der Waals surface area contributed by atoms with Gasteiger partial charge in [-0.25, -0.2) is 4.57 Å². The van der Waals surface area contributed by atoms with E-state index in [1.54, 1.807) is 0 Å². The van der Waals surface area contributed by atoms with Gasteiger partial charge in [0, 0.05) is 19.4 Å². The fraction of sp³-hybridized carbons (Fsp3) is 0.730. The number of phosphoric acid groups is 1. The summed E-state index contributed by atoms with van der Waals surface area (Å²) in [6, 6.07) is 0. The van der Waals surface area contributed by atoms with Crippen LogP contribution in [0.15, 0.2) is 48.6 Å². The van der Waals surface area contributed by atoms with Crippen LogP contribution in [0.1, 0.15) is 142 Å². The van der Waals surface area contributed by atoms with Crippen LogP contribution in [0.2, 0.25) is 0 Å². The van der Waals surface area contributed by atoms with E-state index < -0.39 is 32.5 Å². The Hall–Kier alpha value is -2.03. The molecule has 0 rings (SSSR count). The number of hydrogen-bond donors (Lipinski definition) is 2. The normalized spacial score (nSPS) is 14.0. The molecule has 47 heavy (non-hydrogen) atoms. The molecule has 3 N–H and O–H groups in total. The van der Waals surface area contributed by atoms with Gasteiger partial charge in [0.05, 0.1) is 13.2 Å². The largest absolute Gasteiger partial charge is 0.472 e. The SMILES string of the molecule is CCC=CCC=CCC=CCCCCCCCC(=O)OC[C@H](COP(=O)(O)OCCN)OC(=O)CCCCCCCC=CCCCC. The van der Waals surface area contributed by atoms with E-state index in [1.165, 1.54) is 12.8 Å². The van der Waals surface area contributed by atoms with E-state index in [9.17, 15) is 19.0 Å². The van der Waals surface area contributed by atoms with Crippen molar-refractivity contribution in [2.24, 2.45) is 5.73 Å². The maximum absolute atomic E-state index is 12.5.